The number of hydrogen-bond acceptors (Lipinski definition) is 3. The zero-order chi connectivity index (χ0) is 15.8. The van der Waals surface area contributed by atoms with E-state index >= 15 is 0 Å². The zero-order valence-electron chi connectivity index (χ0n) is 12.7. The van der Waals surface area contributed by atoms with E-state index in [1.165, 1.54) is 4.90 Å². The maximum atomic E-state index is 12.8. The highest BCUT2D eigenvalue weighted by atomic mass is 16.4. The van der Waals surface area contributed by atoms with Crippen molar-refractivity contribution in [3.8, 4) is 0 Å². The van der Waals surface area contributed by atoms with Gasteiger partial charge in [0.15, 0.2) is 0 Å². The topological polar surface area (TPSA) is 83.6 Å². The minimum Gasteiger partial charge on any atom is -0.480 e. The number of benzene rings is 1. The van der Waals surface area contributed by atoms with Gasteiger partial charge in [0, 0.05) is 12.2 Å². The molecule has 0 radical (unpaired) electrons. The molecule has 5 heteroatoms. The Balaban J connectivity index is 2.41. The maximum absolute atomic E-state index is 12.8. The maximum Gasteiger partial charge on any atom is 0.326 e. The summed E-state index contributed by atoms with van der Waals surface area (Å²) in [5.41, 5.74) is 7.15. The van der Waals surface area contributed by atoms with Gasteiger partial charge in [-0.3, -0.25) is 4.79 Å². The lowest BCUT2D eigenvalue weighted by Crippen LogP contribution is -2.56. The zero-order valence-corrected chi connectivity index (χ0v) is 12.7. The molecule has 0 saturated carbocycles. The van der Waals surface area contributed by atoms with Crippen LogP contribution in [0.4, 0.5) is 5.69 Å². The van der Waals surface area contributed by atoms with Crippen LogP contribution in [-0.2, 0) is 4.79 Å². The van der Waals surface area contributed by atoms with Gasteiger partial charge in [-0.05, 0) is 37.3 Å². The molecule has 1 aliphatic rings. The van der Waals surface area contributed by atoms with Gasteiger partial charge < -0.3 is 15.7 Å². The van der Waals surface area contributed by atoms with Crippen LogP contribution in [0.15, 0.2) is 18.2 Å². The van der Waals surface area contributed by atoms with Crippen molar-refractivity contribution < 1.29 is 14.7 Å². The van der Waals surface area contributed by atoms with Crippen LogP contribution >= 0.6 is 0 Å². The number of amides is 1. The number of rotatable bonds is 2. The summed E-state index contributed by atoms with van der Waals surface area (Å²) < 4.78 is 0. The third kappa shape index (κ3) is 2.86. The van der Waals surface area contributed by atoms with Crippen molar-refractivity contribution in [1.29, 1.82) is 0 Å². The number of nitrogen functional groups attached to an aromatic ring is 1. The molecule has 1 unspecified atom stereocenters. The Morgan fingerprint density at radius 3 is 2.67 bits per heavy atom. The lowest BCUT2D eigenvalue weighted by Gasteiger charge is -2.44. The molecule has 1 amide bonds. The van der Waals surface area contributed by atoms with Crippen LogP contribution in [0.1, 0.15) is 42.6 Å². The van der Waals surface area contributed by atoms with E-state index in [4.69, 9.17) is 5.73 Å². The average molecular weight is 290 g/mol. The standard InChI is InChI=1S/C16H22N2O3/c1-10-5-6-12(17)11(9-10)14(19)18-8-4-7-16(2,3)13(18)15(20)21/h5-6,9,13H,4,7-8,17H2,1-3H3,(H,20,21). The Morgan fingerprint density at radius 1 is 1.38 bits per heavy atom. The van der Waals surface area contributed by atoms with Gasteiger partial charge in [0.2, 0.25) is 0 Å². The highest BCUT2D eigenvalue weighted by molar-refractivity contribution is 6.01. The summed E-state index contributed by atoms with van der Waals surface area (Å²) in [7, 11) is 0. The smallest absolute Gasteiger partial charge is 0.326 e. The van der Waals surface area contributed by atoms with E-state index in [0.717, 1.165) is 18.4 Å². The Morgan fingerprint density at radius 2 is 2.05 bits per heavy atom. The summed E-state index contributed by atoms with van der Waals surface area (Å²) in [4.78, 5) is 25.9. The Labute approximate surface area is 124 Å². The van der Waals surface area contributed by atoms with Crippen LogP contribution in [0.3, 0.4) is 0 Å². The summed E-state index contributed by atoms with van der Waals surface area (Å²) in [6.45, 7) is 6.12. The number of nitrogens with zero attached hydrogens (tertiary/aromatic N) is 1. The Hall–Kier alpha value is -2.04. The largest absolute Gasteiger partial charge is 0.480 e. The molecule has 1 heterocycles. The number of aliphatic carboxylic acids is 1. The first kappa shape index (κ1) is 15.4. The second-order valence-corrected chi connectivity index (χ2v) is 6.42. The molecule has 1 aliphatic heterocycles. The summed E-state index contributed by atoms with van der Waals surface area (Å²) in [5, 5.41) is 9.54. The normalized spacial score (nSPS) is 21.1. The van der Waals surface area contributed by atoms with Gasteiger partial charge in [-0.25, -0.2) is 4.79 Å². The van der Waals surface area contributed by atoms with Crippen LogP contribution in [0.2, 0.25) is 0 Å². The molecule has 5 nitrogen and oxygen atoms in total. The summed E-state index contributed by atoms with van der Waals surface area (Å²) in [6, 6.07) is 4.42. The van der Waals surface area contributed by atoms with Crippen LogP contribution in [0.25, 0.3) is 0 Å². The van der Waals surface area contributed by atoms with E-state index in [2.05, 4.69) is 0 Å². The van der Waals surface area contributed by atoms with E-state index in [9.17, 15) is 14.7 Å². The molecule has 21 heavy (non-hydrogen) atoms. The van der Waals surface area contributed by atoms with Crippen molar-refractivity contribution >= 4 is 17.6 Å². The predicted octanol–water partition coefficient (Wildman–Crippen LogP) is 2.29. The minimum absolute atomic E-state index is 0.295. The highest BCUT2D eigenvalue weighted by Gasteiger charge is 2.44. The van der Waals surface area contributed by atoms with Gasteiger partial charge in [-0.15, -0.1) is 0 Å². The number of aryl methyl sites for hydroxylation is 1. The molecule has 1 atom stereocenters. The third-order valence-electron chi connectivity index (χ3n) is 4.21. The van der Waals surface area contributed by atoms with Gasteiger partial charge in [0.1, 0.15) is 6.04 Å². The second kappa shape index (κ2) is 5.39. The van der Waals surface area contributed by atoms with E-state index in [0.29, 0.717) is 17.8 Å². The second-order valence-electron chi connectivity index (χ2n) is 6.42. The van der Waals surface area contributed by atoms with Gasteiger partial charge >= 0.3 is 5.97 Å². The van der Waals surface area contributed by atoms with Gasteiger partial charge in [-0.1, -0.05) is 25.5 Å². The van der Waals surface area contributed by atoms with E-state index in [1.54, 1.807) is 12.1 Å². The summed E-state index contributed by atoms with van der Waals surface area (Å²) in [6.07, 6.45) is 1.59. The van der Waals surface area contributed by atoms with Gasteiger partial charge in [-0.2, -0.15) is 0 Å². The molecule has 1 saturated heterocycles. The van der Waals surface area contributed by atoms with Crippen LogP contribution < -0.4 is 5.73 Å². The molecule has 1 aromatic rings. The fraction of sp³-hybridized carbons (Fsp3) is 0.500. The third-order valence-corrected chi connectivity index (χ3v) is 4.21. The van der Waals surface area contributed by atoms with Crippen LogP contribution in [0, 0.1) is 12.3 Å². The quantitative estimate of drug-likeness (QED) is 0.819. The molecule has 114 valence electrons. The number of hydrogen-bond donors (Lipinski definition) is 2. The van der Waals surface area contributed by atoms with Gasteiger partial charge in [0.25, 0.3) is 5.91 Å². The first-order valence-corrected chi connectivity index (χ1v) is 7.14. The Bertz CT molecular complexity index is 581. The summed E-state index contributed by atoms with van der Waals surface area (Å²) >= 11 is 0. The van der Waals surface area contributed by atoms with Crippen molar-refractivity contribution in [1.82, 2.24) is 4.90 Å². The number of piperidine rings is 1. The van der Waals surface area contributed by atoms with E-state index in [1.807, 2.05) is 26.8 Å². The number of carbonyl (C=O) groups excluding carboxylic acids is 1. The van der Waals surface area contributed by atoms with Crippen molar-refractivity contribution in [2.75, 3.05) is 12.3 Å². The first-order chi connectivity index (χ1) is 9.74. The van der Waals surface area contributed by atoms with E-state index in [-0.39, 0.29) is 5.91 Å². The fourth-order valence-corrected chi connectivity index (χ4v) is 3.09. The number of nitrogens with two attached hydrogens (primary N) is 1. The van der Waals surface area contributed by atoms with Crippen LogP contribution in [0.5, 0.6) is 0 Å². The molecular formula is C16H22N2O3. The van der Waals surface area contributed by atoms with Crippen molar-refractivity contribution in [2.45, 2.75) is 39.7 Å². The number of carboxylic acids is 1. The number of carboxylic acid groups (broad SMARTS) is 1. The summed E-state index contributed by atoms with van der Waals surface area (Å²) in [5.74, 6) is -1.25. The number of anilines is 1. The fourth-order valence-electron chi connectivity index (χ4n) is 3.09. The number of carbonyl (C=O) groups is 2. The van der Waals surface area contributed by atoms with Crippen molar-refractivity contribution in [3.63, 3.8) is 0 Å². The lowest BCUT2D eigenvalue weighted by atomic mass is 9.76. The molecule has 0 spiro atoms. The molecule has 0 aromatic heterocycles. The monoisotopic (exact) mass is 290 g/mol. The minimum atomic E-state index is -0.959. The first-order valence-electron chi connectivity index (χ1n) is 7.14. The van der Waals surface area contributed by atoms with Crippen LogP contribution in [-0.4, -0.2) is 34.5 Å². The molecule has 0 bridgehead atoms. The van der Waals surface area contributed by atoms with Crippen molar-refractivity contribution in [3.05, 3.63) is 29.3 Å². The SMILES string of the molecule is Cc1ccc(N)c(C(=O)N2CCCC(C)(C)C2C(=O)O)c1. The average Bonchev–Trinajstić information content (AvgIpc) is 2.38. The predicted molar refractivity (Wildman–Crippen MR) is 81.1 cm³/mol. The number of likely N-dealkylation sites (tertiary alicyclic amines) is 1. The molecule has 3 N–H and O–H groups in total. The lowest BCUT2D eigenvalue weighted by molar-refractivity contribution is -0.148. The molecule has 2 rings (SSSR count). The van der Waals surface area contributed by atoms with Gasteiger partial charge in [0.05, 0.1) is 5.56 Å². The van der Waals surface area contributed by atoms with Crippen molar-refractivity contribution in [2.24, 2.45) is 5.41 Å². The van der Waals surface area contributed by atoms with E-state index < -0.39 is 17.4 Å². The highest BCUT2D eigenvalue weighted by Crippen LogP contribution is 2.36. The molecule has 0 aliphatic carbocycles. The Kier molecular flexibility index (Phi) is 3.94. The molecular weight excluding hydrogens is 268 g/mol. The molecule has 1 aromatic carbocycles. The molecule has 1 fully saturated rings.